The van der Waals surface area contributed by atoms with E-state index >= 15 is 0 Å². The maximum atomic E-state index is 12.1. The van der Waals surface area contributed by atoms with Crippen molar-refractivity contribution in [2.45, 2.75) is 187 Å². The van der Waals surface area contributed by atoms with Gasteiger partial charge >= 0.3 is 19.1 Å². The van der Waals surface area contributed by atoms with Gasteiger partial charge in [-0.3, -0.25) is 19.2 Å². The molecule has 0 aromatic rings. The molecule has 0 N–H and O–H groups in total. The molecule has 330 valence electrons. The minimum Gasteiger partial charge on any atom is -0.469 e. The monoisotopic (exact) mass is 910 g/mol. The molecule has 1 heterocycles. The second-order valence-corrected chi connectivity index (χ2v) is 29.1. The van der Waals surface area contributed by atoms with Crippen molar-refractivity contribution in [3.8, 4) is 0 Å². The molecule has 2 aliphatic carbocycles. The summed E-state index contributed by atoms with van der Waals surface area (Å²) in [6, 6.07) is 0. The van der Waals surface area contributed by atoms with Gasteiger partial charge in [0.05, 0.1) is 32.0 Å². The number of hydrogen-bond donors (Lipinski definition) is 0. The van der Waals surface area contributed by atoms with Crippen molar-refractivity contribution in [2.24, 2.45) is 0 Å². The fraction of sp³-hybridized carbons (Fsp3) is 0.727. The predicted molar refractivity (Wildman–Crippen MR) is 244 cm³/mol. The Morgan fingerprint density at radius 1 is 0.810 bits per heavy atom. The number of unbranched alkanes of at least 4 members (excludes halogenated alkanes) is 2. The quantitative estimate of drug-likeness (QED) is 0.0486. The molecule has 0 bridgehead atoms. The van der Waals surface area contributed by atoms with Crippen LogP contribution < -0.4 is 0 Å². The number of Topliss-reactive ketones (excluding diaryl/α,β-unsaturated/α-hetero) is 2. The molecule has 0 spiro atoms. The number of carbonyl (C=O) groups is 4. The summed E-state index contributed by atoms with van der Waals surface area (Å²) in [5.41, 5.74) is 1.57. The molecule has 58 heavy (non-hydrogen) atoms. The summed E-state index contributed by atoms with van der Waals surface area (Å²) in [5, 5.41) is 0.983. The Hall–Kier alpha value is -1.94. The van der Waals surface area contributed by atoms with Crippen molar-refractivity contribution in [1.82, 2.24) is 0 Å². The molecule has 14 heteroatoms. The highest BCUT2D eigenvalue weighted by Gasteiger charge is 2.41. The maximum absolute atomic E-state index is 12.1. The zero-order valence-electron chi connectivity index (χ0n) is 38.5. The molecule has 0 amide bonds. The summed E-state index contributed by atoms with van der Waals surface area (Å²) in [4.78, 5) is 45.6. The van der Waals surface area contributed by atoms with Crippen molar-refractivity contribution in [3.05, 3.63) is 47.5 Å². The lowest BCUT2D eigenvalue weighted by molar-refractivity contribution is -0.141. The van der Waals surface area contributed by atoms with Gasteiger partial charge in [-0.1, -0.05) is 81.7 Å². The van der Waals surface area contributed by atoms with Gasteiger partial charge in [-0.2, -0.15) is 0 Å². The molecule has 3 atom stereocenters. The lowest BCUT2D eigenvalue weighted by atomic mass is 9.82. The summed E-state index contributed by atoms with van der Waals surface area (Å²) in [6.07, 6.45) is 16.8. The second-order valence-electron chi connectivity index (χ2n) is 19.0. The minimum absolute atomic E-state index is 0.000872. The standard InChI is InChI=1S/C19H32O4Si.C13H23BO4.C12H21BrO2Si/c1-19(2,3)24(5,6)23-16-13-15(17(20)14-16)11-9-7-8-10-12-18(21)22-4;1-11-10-13(2,3)18-14(17-11)9-7-5-6-8-12(15)16-4;1-12(2,3)16(4,5)15-10-6-9(8-13)11(14)7-10/h7,9,13,16H,8,10-12,14H2,1-6H3;7,9,11H,5-6,8,10H2,1-4H3;6,10H,7-8H2,1-5H3/b2*9-7-;. The number of alkyl halides is 1. The van der Waals surface area contributed by atoms with Crippen molar-refractivity contribution < 1.29 is 46.8 Å². The first-order valence-corrected chi connectivity index (χ1v) is 27.8. The molecule has 0 aromatic heterocycles. The van der Waals surface area contributed by atoms with Crippen LogP contribution in [0.2, 0.25) is 36.3 Å². The molecule has 3 rings (SSSR count). The number of ether oxygens (including phenoxy) is 2. The van der Waals surface area contributed by atoms with Crippen LogP contribution in [0.4, 0.5) is 0 Å². The van der Waals surface area contributed by atoms with Crippen LogP contribution in [0.15, 0.2) is 47.5 Å². The minimum atomic E-state index is -1.85. The lowest BCUT2D eigenvalue weighted by Gasteiger charge is -2.37. The number of rotatable bonds is 16. The number of carbonyl (C=O) groups excluding carboxylic acids is 4. The zero-order chi connectivity index (χ0) is 44.5. The van der Waals surface area contributed by atoms with Gasteiger partial charge in [-0.05, 0) is 113 Å². The molecule has 3 unspecified atom stereocenters. The topological polar surface area (TPSA) is 124 Å². The Balaban J connectivity index is 0.000000446. The lowest BCUT2D eigenvalue weighted by Crippen LogP contribution is -2.45. The summed E-state index contributed by atoms with van der Waals surface area (Å²) in [6.45, 7) is 28.3. The maximum Gasteiger partial charge on any atom is 0.486 e. The highest BCUT2D eigenvalue weighted by molar-refractivity contribution is 9.09. The van der Waals surface area contributed by atoms with Crippen LogP contribution >= 0.6 is 15.9 Å². The van der Waals surface area contributed by atoms with E-state index in [1.54, 1.807) is 0 Å². The van der Waals surface area contributed by atoms with Crippen molar-refractivity contribution in [2.75, 3.05) is 19.5 Å². The predicted octanol–water partition coefficient (Wildman–Crippen LogP) is 10.8. The van der Waals surface area contributed by atoms with Gasteiger partial charge in [0.1, 0.15) is 0 Å². The Labute approximate surface area is 362 Å². The highest BCUT2D eigenvalue weighted by atomic mass is 79.9. The summed E-state index contributed by atoms with van der Waals surface area (Å²) < 4.78 is 33.1. The molecule has 0 aromatic carbocycles. The van der Waals surface area contributed by atoms with Gasteiger partial charge in [-0.25, -0.2) is 0 Å². The van der Waals surface area contributed by atoms with Gasteiger partial charge in [0.25, 0.3) is 0 Å². The van der Waals surface area contributed by atoms with Crippen LogP contribution in [0.1, 0.15) is 127 Å². The van der Waals surface area contributed by atoms with Crippen LogP contribution in [-0.2, 0) is 46.8 Å². The molecule has 0 saturated carbocycles. The third kappa shape index (κ3) is 20.1. The highest BCUT2D eigenvalue weighted by Crippen LogP contribution is 2.40. The number of hydrogen-bond acceptors (Lipinski definition) is 10. The molecular weight excluding hydrogens is 835 g/mol. The van der Waals surface area contributed by atoms with E-state index in [0.717, 1.165) is 43.3 Å². The first-order chi connectivity index (χ1) is 26.7. The van der Waals surface area contributed by atoms with Crippen LogP contribution in [0, 0.1) is 0 Å². The second kappa shape index (κ2) is 24.5. The number of halogens is 1. The van der Waals surface area contributed by atoms with Crippen LogP contribution in [0.25, 0.3) is 0 Å². The molecule has 0 radical (unpaired) electrons. The smallest absolute Gasteiger partial charge is 0.469 e. The first kappa shape index (κ1) is 54.1. The first-order valence-electron chi connectivity index (χ1n) is 20.8. The molecule has 1 fully saturated rings. The summed E-state index contributed by atoms with van der Waals surface area (Å²) in [5.74, 6) is 2.00. The van der Waals surface area contributed by atoms with Gasteiger partial charge in [0.15, 0.2) is 28.2 Å². The fourth-order valence-corrected chi connectivity index (χ4v) is 8.88. The van der Waals surface area contributed by atoms with Gasteiger partial charge < -0.3 is 27.6 Å². The van der Waals surface area contributed by atoms with Crippen molar-refractivity contribution >= 4 is 63.2 Å². The molecule has 10 nitrogen and oxygen atoms in total. The van der Waals surface area contributed by atoms with E-state index < -0.39 is 16.6 Å². The fourth-order valence-electron chi connectivity index (χ4n) is 5.86. The van der Waals surface area contributed by atoms with Crippen LogP contribution in [-0.4, -0.2) is 90.7 Å². The number of allylic oxidation sites excluding steroid dienone is 5. The normalized spacial score (nSPS) is 21.3. The van der Waals surface area contributed by atoms with E-state index in [1.807, 2.05) is 36.4 Å². The van der Waals surface area contributed by atoms with Crippen LogP contribution in [0.3, 0.4) is 0 Å². The zero-order valence-corrected chi connectivity index (χ0v) is 42.1. The van der Waals surface area contributed by atoms with Gasteiger partial charge in [0, 0.05) is 42.7 Å². The Bertz CT molecular complexity index is 1470. The van der Waals surface area contributed by atoms with E-state index in [0.29, 0.717) is 37.4 Å². The average Bonchev–Trinajstić information content (AvgIpc) is 3.62. The molecule has 1 aliphatic heterocycles. The van der Waals surface area contributed by atoms with Gasteiger partial charge in [-0.15, -0.1) is 0 Å². The van der Waals surface area contributed by atoms with E-state index in [2.05, 4.69) is 114 Å². The summed E-state index contributed by atoms with van der Waals surface area (Å²) >= 11 is 3.33. The Morgan fingerprint density at radius 3 is 1.67 bits per heavy atom. The van der Waals surface area contributed by atoms with Crippen LogP contribution in [0.5, 0.6) is 0 Å². The van der Waals surface area contributed by atoms with Gasteiger partial charge in [0.2, 0.25) is 0 Å². The molecule has 3 aliphatic rings. The summed E-state index contributed by atoms with van der Waals surface area (Å²) in [7, 11) is -1.07. The molecular formula is C44H76BBrO10Si2. The number of esters is 2. The van der Waals surface area contributed by atoms with E-state index in [-0.39, 0.29) is 64.6 Å². The van der Waals surface area contributed by atoms with E-state index in [1.165, 1.54) is 14.2 Å². The van der Waals surface area contributed by atoms with E-state index in [9.17, 15) is 19.2 Å². The number of ketones is 2. The molecule has 1 saturated heterocycles. The Morgan fingerprint density at radius 2 is 1.26 bits per heavy atom. The van der Waals surface area contributed by atoms with E-state index in [4.69, 9.17) is 18.2 Å². The average molecular weight is 912 g/mol. The van der Waals surface area contributed by atoms with Crippen molar-refractivity contribution in [3.63, 3.8) is 0 Å². The Kier molecular flexibility index (Phi) is 22.8. The number of methoxy groups -OCH3 is 2. The SMILES string of the molecule is CC(C)(C)[Si](C)(C)OC1C=C(CBr)C(=O)C1.COC(=O)CCC/C=C\B1OC(C)CC(C)(C)O1.COC(=O)CCC/C=C\CC1=CC(O[Si](C)(C)C(C)(C)C)CC1=O. The van der Waals surface area contributed by atoms with Crippen molar-refractivity contribution in [1.29, 1.82) is 0 Å². The third-order valence-electron chi connectivity index (χ3n) is 11.2. The third-order valence-corrected chi connectivity index (χ3v) is 20.9. The largest absolute Gasteiger partial charge is 0.486 e.